The molecule has 0 aliphatic rings. The predicted molar refractivity (Wildman–Crippen MR) is 251 cm³/mol. The Bertz CT molecular complexity index is 2920. The Morgan fingerprint density at radius 2 is 1.00 bits per heavy atom. The van der Waals surface area contributed by atoms with Gasteiger partial charge in [-0.1, -0.05) is 63.4 Å². The summed E-state index contributed by atoms with van der Waals surface area (Å²) in [5.41, 5.74) is 9.58. The number of aliphatic hydroxyl groups is 2. The van der Waals surface area contributed by atoms with Crippen molar-refractivity contribution in [2.45, 2.75) is 40.4 Å². The molecule has 19 heteroatoms. The number of alkyl halides is 6. The first-order valence-electron chi connectivity index (χ1n) is 20.3. The number of nitrogens with two attached hydrogens (primary N) is 1. The summed E-state index contributed by atoms with van der Waals surface area (Å²) in [6.45, 7) is 0.580. The average molecular weight is 961 g/mol. The number of nitrogens with one attached hydrogen (secondary N) is 3. The van der Waals surface area contributed by atoms with Crippen LogP contribution in [0.2, 0.25) is 0 Å². The molecule has 0 atom stereocenters. The van der Waals surface area contributed by atoms with Gasteiger partial charge >= 0.3 is 18.3 Å². The van der Waals surface area contributed by atoms with Crippen molar-refractivity contribution in [2.24, 2.45) is 5.73 Å². The fraction of sp³-hybridized carbons (Fsp3) is 0.200. The molecule has 364 valence electrons. The van der Waals surface area contributed by atoms with Gasteiger partial charge in [0, 0.05) is 18.7 Å². The maximum absolute atomic E-state index is 12.7. The monoisotopic (exact) mass is 960 g/mol. The Kier molecular flexibility index (Phi) is 19.0. The summed E-state index contributed by atoms with van der Waals surface area (Å²) < 4.78 is 87.0. The third kappa shape index (κ3) is 14.4. The molecule has 0 fully saturated rings. The zero-order valence-corrected chi connectivity index (χ0v) is 35.2. The molecule has 6 aromatic carbocycles. The minimum absolute atomic E-state index is 0. The highest BCUT2D eigenvalue weighted by atomic mass is 19.4. The number of aromatic amines is 2. The lowest BCUT2D eigenvalue weighted by Gasteiger charge is -2.10. The molecule has 1 amide bonds. The van der Waals surface area contributed by atoms with Gasteiger partial charge in [-0.25, -0.2) is 14.8 Å². The van der Waals surface area contributed by atoms with Crippen molar-refractivity contribution in [1.82, 2.24) is 25.3 Å². The van der Waals surface area contributed by atoms with Gasteiger partial charge in [-0.15, -0.1) is 0 Å². The van der Waals surface area contributed by atoms with Crippen LogP contribution in [0.1, 0.15) is 58.3 Å². The maximum Gasteiger partial charge on any atom is 0.416 e. The van der Waals surface area contributed by atoms with Gasteiger partial charge in [0.25, 0.3) is 5.91 Å². The SMILES string of the molecule is C.C.NCCO.O=C(NCCO)c1ccccc1-c1ccc2nc(COc3ccc(C(F)(F)F)cc3)[nH]c2c1.O=C(O)c1ccccc1-c1ccc2nc(COc3ccc(C(F)(F)F)cc3)[nH]c2c1. The first-order valence-corrected chi connectivity index (χ1v) is 20.3. The van der Waals surface area contributed by atoms with Gasteiger partial charge in [-0.3, -0.25) is 4.79 Å². The lowest BCUT2D eigenvalue weighted by atomic mass is 9.99. The number of carboxylic acid groups (broad SMARTS) is 1. The van der Waals surface area contributed by atoms with Crippen molar-refractivity contribution in [3.05, 3.63) is 167 Å². The number of imidazole rings is 2. The zero-order chi connectivity index (χ0) is 48.1. The van der Waals surface area contributed by atoms with Gasteiger partial charge < -0.3 is 45.8 Å². The number of carbonyl (C=O) groups excluding carboxylic acids is 1. The number of hydrogen-bond donors (Lipinski definition) is 7. The number of aromatic nitrogens is 4. The smallest absolute Gasteiger partial charge is 0.416 e. The third-order valence-electron chi connectivity index (χ3n) is 9.65. The topological polar surface area (TPSA) is 209 Å². The second-order valence-corrected chi connectivity index (χ2v) is 14.3. The number of aromatic carboxylic acids is 1. The summed E-state index contributed by atoms with van der Waals surface area (Å²) in [6.07, 6.45) is -8.79. The number of nitrogens with zero attached hydrogens (tertiary/aromatic N) is 2. The standard InChI is InChI=1S/C24H20F3N3O3.C22H15F3N2O3.C2H7NO.2CH4/c25-24(26,27)16-6-8-17(9-7-16)33-14-22-29-20-10-5-15(13-21(20)30-22)18-3-1-2-4-19(18)23(32)28-11-12-31;23-22(24,25)14-6-8-15(9-7-14)30-12-20-26-18-10-5-13(11-19(18)27-20)16-3-1-2-4-17(16)21(28)29;3-1-2-4;;/h1-10,13,31H,11-12,14H2,(H,28,32)(H,29,30);1-11H,12H2,(H,26,27)(H,28,29);4H,1-3H2;2*1H4. The van der Waals surface area contributed by atoms with E-state index in [1.807, 2.05) is 30.3 Å². The Hall–Kier alpha value is -7.74. The molecule has 0 aliphatic heterocycles. The number of fused-ring (bicyclic) bond motifs is 2. The Balaban J connectivity index is 0.000000272. The lowest BCUT2D eigenvalue weighted by Crippen LogP contribution is -2.26. The van der Waals surface area contributed by atoms with Crippen LogP contribution >= 0.6 is 0 Å². The second-order valence-electron chi connectivity index (χ2n) is 14.3. The number of carboxylic acids is 1. The van der Waals surface area contributed by atoms with Gasteiger partial charge in [0.2, 0.25) is 0 Å². The summed E-state index contributed by atoms with van der Waals surface area (Å²) >= 11 is 0. The van der Waals surface area contributed by atoms with Gasteiger partial charge in [0.15, 0.2) is 0 Å². The third-order valence-corrected chi connectivity index (χ3v) is 9.65. The fourth-order valence-corrected chi connectivity index (χ4v) is 6.50. The number of hydrogen-bond acceptors (Lipinski definition) is 9. The molecular weight excluding hydrogens is 911 g/mol. The van der Waals surface area contributed by atoms with E-state index in [0.717, 1.165) is 46.5 Å². The highest BCUT2D eigenvalue weighted by Gasteiger charge is 2.31. The molecule has 0 saturated carbocycles. The molecule has 8 aromatic rings. The van der Waals surface area contributed by atoms with E-state index in [4.69, 9.17) is 25.4 Å². The van der Waals surface area contributed by atoms with Crippen LogP contribution in [0, 0.1) is 0 Å². The van der Waals surface area contributed by atoms with Gasteiger partial charge in [-0.2, -0.15) is 26.3 Å². The van der Waals surface area contributed by atoms with Crippen LogP contribution < -0.4 is 20.5 Å². The summed E-state index contributed by atoms with van der Waals surface area (Å²) in [7, 11) is 0. The molecular formula is C50H50F6N6O7. The van der Waals surface area contributed by atoms with Crippen LogP contribution in [0.4, 0.5) is 26.3 Å². The van der Waals surface area contributed by atoms with E-state index in [1.165, 1.54) is 30.3 Å². The molecule has 0 aliphatic carbocycles. The van der Waals surface area contributed by atoms with E-state index < -0.39 is 29.4 Å². The molecule has 13 nitrogen and oxygen atoms in total. The lowest BCUT2D eigenvalue weighted by molar-refractivity contribution is -0.138. The number of ether oxygens (including phenoxy) is 2. The summed E-state index contributed by atoms with van der Waals surface area (Å²) in [5.74, 6) is 0.298. The van der Waals surface area contributed by atoms with Crippen molar-refractivity contribution in [2.75, 3.05) is 26.3 Å². The summed E-state index contributed by atoms with van der Waals surface area (Å²) in [6, 6.07) is 33.6. The molecule has 69 heavy (non-hydrogen) atoms. The number of amides is 1. The summed E-state index contributed by atoms with van der Waals surface area (Å²) in [5, 5.41) is 28.7. The van der Waals surface area contributed by atoms with E-state index in [1.54, 1.807) is 48.5 Å². The molecule has 8 rings (SSSR count). The van der Waals surface area contributed by atoms with E-state index >= 15 is 0 Å². The molecule has 0 saturated heterocycles. The van der Waals surface area contributed by atoms with Crippen molar-refractivity contribution < 1.29 is 60.7 Å². The molecule has 0 radical (unpaired) electrons. The largest absolute Gasteiger partial charge is 0.486 e. The van der Waals surface area contributed by atoms with Gasteiger partial charge in [0.1, 0.15) is 36.4 Å². The molecule has 0 spiro atoms. The zero-order valence-electron chi connectivity index (χ0n) is 35.2. The maximum atomic E-state index is 12.7. The van der Waals surface area contributed by atoms with E-state index in [0.29, 0.717) is 57.4 Å². The van der Waals surface area contributed by atoms with E-state index in [2.05, 4.69) is 25.3 Å². The van der Waals surface area contributed by atoms with Crippen LogP contribution in [0.15, 0.2) is 133 Å². The number of carbonyl (C=O) groups is 2. The number of rotatable bonds is 13. The first kappa shape index (κ1) is 53.9. The number of halogens is 6. The Labute approximate surface area is 392 Å². The Morgan fingerprint density at radius 3 is 1.39 bits per heavy atom. The number of aliphatic hydroxyl groups excluding tert-OH is 2. The molecule has 0 bridgehead atoms. The fourth-order valence-electron chi connectivity index (χ4n) is 6.50. The van der Waals surface area contributed by atoms with Crippen LogP contribution in [-0.4, -0.2) is 73.4 Å². The molecule has 8 N–H and O–H groups in total. The minimum atomic E-state index is -4.40. The second kappa shape index (κ2) is 24.3. The van der Waals surface area contributed by atoms with E-state index in [-0.39, 0.29) is 59.3 Å². The highest BCUT2D eigenvalue weighted by molar-refractivity contribution is 6.01. The average Bonchev–Trinajstić information content (AvgIpc) is 3.95. The first-order chi connectivity index (χ1) is 32.1. The van der Waals surface area contributed by atoms with Crippen LogP contribution in [0.3, 0.4) is 0 Å². The van der Waals surface area contributed by atoms with Gasteiger partial charge in [-0.05, 0) is 107 Å². The van der Waals surface area contributed by atoms with Crippen molar-refractivity contribution in [1.29, 1.82) is 0 Å². The quantitative estimate of drug-likeness (QED) is 0.0544. The molecule has 2 aromatic heterocycles. The van der Waals surface area contributed by atoms with Crippen LogP contribution in [-0.2, 0) is 25.6 Å². The normalized spacial score (nSPS) is 11.0. The number of H-pyrrole nitrogens is 2. The van der Waals surface area contributed by atoms with Crippen molar-refractivity contribution in [3.8, 4) is 33.8 Å². The predicted octanol–water partition coefficient (Wildman–Crippen LogP) is 10.3. The Morgan fingerprint density at radius 1 is 0.594 bits per heavy atom. The number of benzene rings is 6. The van der Waals surface area contributed by atoms with Crippen molar-refractivity contribution in [3.63, 3.8) is 0 Å². The highest BCUT2D eigenvalue weighted by Crippen LogP contribution is 2.33. The van der Waals surface area contributed by atoms with Crippen molar-refractivity contribution >= 4 is 33.9 Å². The minimum Gasteiger partial charge on any atom is -0.486 e. The summed E-state index contributed by atoms with van der Waals surface area (Å²) in [4.78, 5) is 39.0. The van der Waals surface area contributed by atoms with E-state index in [9.17, 15) is 41.0 Å². The van der Waals surface area contributed by atoms with Gasteiger partial charge in [0.05, 0.1) is 52.0 Å². The molecule has 0 unspecified atom stereocenters. The molecule has 2 heterocycles. The van der Waals surface area contributed by atoms with Crippen LogP contribution in [0.5, 0.6) is 11.5 Å². The van der Waals surface area contributed by atoms with Crippen LogP contribution in [0.25, 0.3) is 44.3 Å².